The Morgan fingerprint density at radius 2 is 2.06 bits per heavy atom. The Bertz CT molecular complexity index is 587. The van der Waals surface area contributed by atoms with Crippen molar-refractivity contribution in [3.63, 3.8) is 0 Å². The van der Waals surface area contributed by atoms with Crippen LogP contribution in [0.15, 0.2) is 29.3 Å². The molecule has 0 saturated heterocycles. The van der Waals surface area contributed by atoms with E-state index in [-0.39, 0.29) is 17.1 Å². The Morgan fingerprint density at radius 3 is 2.61 bits per heavy atom. The Kier molecular flexibility index (Phi) is 3.25. The summed E-state index contributed by atoms with van der Waals surface area (Å²) in [6, 6.07) is 2.62. The number of nitrogen functional groups attached to an aromatic ring is 1. The summed E-state index contributed by atoms with van der Waals surface area (Å²) >= 11 is 0. The summed E-state index contributed by atoms with van der Waals surface area (Å²) < 4.78 is 0. The van der Waals surface area contributed by atoms with E-state index >= 15 is 0 Å². The van der Waals surface area contributed by atoms with Crippen LogP contribution in [0.2, 0.25) is 0 Å². The third kappa shape index (κ3) is 2.65. The van der Waals surface area contributed by atoms with Gasteiger partial charge in [0.25, 0.3) is 11.5 Å². The van der Waals surface area contributed by atoms with Gasteiger partial charge in [-0.25, -0.2) is 20.9 Å². The lowest BCUT2D eigenvalue weighted by atomic mass is 10.4. The van der Waals surface area contributed by atoms with Gasteiger partial charge < -0.3 is 10.7 Å². The van der Waals surface area contributed by atoms with Gasteiger partial charge in [0.05, 0.1) is 12.4 Å². The number of carbonyl (C=O) groups excluding carboxylic acids is 1. The van der Waals surface area contributed by atoms with Crippen LogP contribution in [-0.2, 0) is 0 Å². The average molecular weight is 247 g/mol. The minimum absolute atomic E-state index is 0.0991. The third-order valence-electron chi connectivity index (χ3n) is 1.95. The second kappa shape index (κ2) is 5.01. The van der Waals surface area contributed by atoms with Gasteiger partial charge in [0, 0.05) is 6.07 Å². The highest BCUT2D eigenvalue weighted by Crippen LogP contribution is 2.02. The zero-order valence-electron chi connectivity index (χ0n) is 9.04. The summed E-state index contributed by atoms with van der Waals surface area (Å²) in [7, 11) is 0. The predicted octanol–water partition coefficient (Wildman–Crippen LogP) is -0.902. The largest absolute Gasteiger partial charge is 0.307 e. The number of amides is 1. The van der Waals surface area contributed by atoms with E-state index in [1.165, 1.54) is 24.5 Å². The van der Waals surface area contributed by atoms with Crippen molar-refractivity contribution in [2.75, 3.05) is 10.7 Å². The normalized spacial score (nSPS) is 9.83. The fourth-order valence-corrected chi connectivity index (χ4v) is 1.11. The number of aromatic nitrogens is 4. The van der Waals surface area contributed by atoms with Gasteiger partial charge in [-0.15, -0.1) is 0 Å². The van der Waals surface area contributed by atoms with Gasteiger partial charge in [0.15, 0.2) is 11.6 Å². The molecular weight excluding hydrogens is 238 g/mol. The maximum Gasteiger partial charge on any atom is 0.277 e. The minimum Gasteiger partial charge on any atom is -0.307 e. The van der Waals surface area contributed by atoms with Crippen molar-refractivity contribution in [2.45, 2.75) is 0 Å². The molecule has 0 saturated carbocycles. The Hall–Kier alpha value is -2.81. The fraction of sp³-hybridized carbons (Fsp3) is 0. The van der Waals surface area contributed by atoms with Crippen molar-refractivity contribution in [1.29, 1.82) is 0 Å². The zero-order valence-corrected chi connectivity index (χ0v) is 9.04. The van der Waals surface area contributed by atoms with Crippen molar-refractivity contribution >= 4 is 17.5 Å². The van der Waals surface area contributed by atoms with Gasteiger partial charge in [-0.1, -0.05) is 0 Å². The molecule has 0 aromatic carbocycles. The highest BCUT2D eigenvalue weighted by atomic mass is 16.2. The van der Waals surface area contributed by atoms with Crippen molar-refractivity contribution in [2.24, 2.45) is 5.84 Å². The number of aromatic amines is 1. The van der Waals surface area contributed by atoms with E-state index < -0.39 is 5.91 Å². The molecule has 18 heavy (non-hydrogen) atoms. The molecule has 0 radical (unpaired) electrons. The maximum atomic E-state index is 11.7. The zero-order chi connectivity index (χ0) is 13.0. The van der Waals surface area contributed by atoms with E-state index in [4.69, 9.17) is 5.84 Å². The number of hydrogen-bond acceptors (Lipinski definition) is 7. The van der Waals surface area contributed by atoms with Crippen molar-refractivity contribution in [1.82, 2.24) is 20.2 Å². The fourth-order valence-electron chi connectivity index (χ4n) is 1.11. The first-order valence-electron chi connectivity index (χ1n) is 4.85. The lowest BCUT2D eigenvalue weighted by molar-refractivity contribution is 0.102. The number of anilines is 2. The van der Waals surface area contributed by atoms with E-state index in [2.05, 4.69) is 30.9 Å². The molecule has 0 aliphatic carbocycles. The first-order valence-corrected chi connectivity index (χ1v) is 4.85. The Labute approximate surface area is 100 Å². The molecule has 9 heteroatoms. The Balaban J connectivity index is 2.11. The number of nitrogens with zero attached hydrogens (tertiary/aromatic N) is 3. The number of hydrazine groups is 1. The summed E-state index contributed by atoms with van der Waals surface area (Å²) in [4.78, 5) is 30.2. The Morgan fingerprint density at radius 1 is 1.22 bits per heavy atom. The van der Waals surface area contributed by atoms with Crippen molar-refractivity contribution in [3.8, 4) is 0 Å². The first-order chi connectivity index (χ1) is 8.69. The lowest BCUT2D eigenvalue weighted by Crippen LogP contribution is -2.17. The number of hydrogen-bond donors (Lipinski definition) is 4. The molecule has 2 aromatic heterocycles. The van der Waals surface area contributed by atoms with Crippen LogP contribution in [0.3, 0.4) is 0 Å². The molecule has 0 atom stereocenters. The summed E-state index contributed by atoms with van der Waals surface area (Å²) in [6.07, 6.45) is 2.57. The molecule has 0 fully saturated rings. The molecule has 0 unspecified atom stereocenters. The summed E-state index contributed by atoms with van der Waals surface area (Å²) in [5.41, 5.74) is 2.04. The first kappa shape index (κ1) is 11.7. The van der Waals surface area contributed by atoms with Crippen LogP contribution >= 0.6 is 0 Å². The van der Waals surface area contributed by atoms with Gasteiger partial charge in [0.1, 0.15) is 5.69 Å². The van der Waals surface area contributed by atoms with Gasteiger partial charge in [-0.05, 0) is 6.07 Å². The number of H-pyrrole nitrogens is 1. The summed E-state index contributed by atoms with van der Waals surface area (Å²) in [5, 5.41) is 8.27. The van der Waals surface area contributed by atoms with E-state index in [0.29, 0.717) is 5.82 Å². The second-order valence-corrected chi connectivity index (χ2v) is 3.19. The summed E-state index contributed by atoms with van der Waals surface area (Å²) in [6.45, 7) is 0. The van der Waals surface area contributed by atoms with Gasteiger partial charge in [-0.2, -0.15) is 5.10 Å². The van der Waals surface area contributed by atoms with Gasteiger partial charge in [-0.3, -0.25) is 9.59 Å². The van der Waals surface area contributed by atoms with Crippen LogP contribution < -0.4 is 22.1 Å². The van der Waals surface area contributed by atoms with Crippen LogP contribution in [0.5, 0.6) is 0 Å². The molecule has 0 spiro atoms. The topological polar surface area (TPSA) is 139 Å². The van der Waals surface area contributed by atoms with Gasteiger partial charge in [0.2, 0.25) is 0 Å². The molecule has 0 aliphatic rings. The highest BCUT2D eigenvalue weighted by Gasteiger charge is 2.08. The molecule has 0 aliphatic heterocycles. The van der Waals surface area contributed by atoms with Crippen LogP contribution in [0, 0.1) is 0 Å². The van der Waals surface area contributed by atoms with E-state index in [1.54, 1.807) is 0 Å². The van der Waals surface area contributed by atoms with Crippen LogP contribution in [-0.4, -0.2) is 26.1 Å². The lowest BCUT2D eigenvalue weighted by Gasteiger charge is -2.03. The quantitative estimate of drug-likeness (QED) is 0.407. The second-order valence-electron chi connectivity index (χ2n) is 3.19. The highest BCUT2D eigenvalue weighted by molar-refractivity contribution is 6.02. The molecule has 92 valence electrons. The molecule has 0 bridgehead atoms. The van der Waals surface area contributed by atoms with Crippen LogP contribution in [0.25, 0.3) is 0 Å². The standard InChI is InChI=1S/C9H9N7O2/c10-14-7-4-11-5(3-12-7)9(18)13-6-1-2-8(17)16-15-6/h1-4H,10H2,(H,12,14)(H,16,17)(H,13,15,18). The molecule has 2 heterocycles. The number of nitrogens with one attached hydrogen (secondary N) is 3. The van der Waals surface area contributed by atoms with E-state index in [1.807, 2.05) is 0 Å². The summed E-state index contributed by atoms with van der Waals surface area (Å²) in [5.74, 6) is 5.17. The van der Waals surface area contributed by atoms with Crippen molar-refractivity contribution in [3.05, 3.63) is 40.6 Å². The average Bonchev–Trinajstić information content (AvgIpc) is 2.41. The number of nitrogens with two attached hydrogens (primary N) is 1. The monoisotopic (exact) mass is 247 g/mol. The number of carbonyl (C=O) groups is 1. The van der Waals surface area contributed by atoms with E-state index in [0.717, 1.165) is 0 Å². The van der Waals surface area contributed by atoms with Crippen LogP contribution in [0.1, 0.15) is 10.5 Å². The molecule has 2 aromatic rings. The SMILES string of the molecule is NNc1cnc(C(=O)Nc2ccc(=O)[nH]n2)cn1. The predicted molar refractivity (Wildman–Crippen MR) is 62.7 cm³/mol. The third-order valence-corrected chi connectivity index (χ3v) is 1.95. The van der Waals surface area contributed by atoms with Crippen LogP contribution in [0.4, 0.5) is 11.6 Å². The van der Waals surface area contributed by atoms with Crippen molar-refractivity contribution < 1.29 is 4.79 Å². The molecule has 1 amide bonds. The maximum absolute atomic E-state index is 11.7. The molecule has 9 nitrogen and oxygen atoms in total. The molecule has 2 rings (SSSR count). The van der Waals surface area contributed by atoms with Gasteiger partial charge >= 0.3 is 0 Å². The molecule has 5 N–H and O–H groups in total. The van der Waals surface area contributed by atoms with E-state index in [9.17, 15) is 9.59 Å². The smallest absolute Gasteiger partial charge is 0.277 e. The molecular formula is C9H9N7O2. The minimum atomic E-state index is -0.495. The number of rotatable bonds is 3.